The molecule has 0 radical (unpaired) electrons. The maximum absolute atomic E-state index is 13.2. The van der Waals surface area contributed by atoms with Gasteiger partial charge in [-0.3, -0.25) is 14.5 Å². The van der Waals surface area contributed by atoms with Crippen molar-refractivity contribution in [1.82, 2.24) is 4.90 Å². The minimum Gasteiger partial charge on any atom is -0.388 e. The van der Waals surface area contributed by atoms with Crippen LogP contribution in [0.2, 0.25) is 0 Å². The number of rotatable bonds is 0. The largest absolute Gasteiger partial charge is 0.388 e. The van der Waals surface area contributed by atoms with Crippen LogP contribution in [0.3, 0.4) is 0 Å². The number of carbonyl (C=O) groups excluding carboxylic acids is 2. The summed E-state index contributed by atoms with van der Waals surface area (Å²) in [5.74, 6) is 4.81. The zero-order chi connectivity index (χ0) is 21.7. The molecule has 0 aromatic carbocycles. The van der Waals surface area contributed by atoms with Crippen LogP contribution in [0, 0.1) is 52.8 Å². The third-order valence-electron chi connectivity index (χ3n) is 11.7. The lowest BCUT2D eigenvalue weighted by atomic mass is 9.52. The first-order valence-electron chi connectivity index (χ1n) is 13.2. The van der Waals surface area contributed by atoms with E-state index >= 15 is 0 Å². The smallest absolute Gasteiger partial charge is 0.137 e. The number of hydrogen-bond acceptors (Lipinski definition) is 4. The lowest BCUT2D eigenvalue weighted by Crippen LogP contribution is -2.67. The van der Waals surface area contributed by atoms with Crippen molar-refractivity contribution in [3.63, 3.8) is 0 Å². The quantitative estimate of drug-likeness (QED) is 0.632. The average molecular weight is 428 g/mol. The zero-order valence-corrected chi connectivity index (χ0v) is 19.7. The Hall–Kier alpha value is -0.740. The highest BCUT2D eigenvalue weighted by Gasteiger charge is 2.64. The Kier molecular flexibility index (Phi) is 4.63. The van der Waals surface area contributed by atoms with Gasteiger partial charge in [-0.2, -0.15) is 0 Å². The molecule has 0 aromatic rings. The minimum atomic E-state index is -0.582. The number of fused-ring (bicyclic) bond motifs is 8. The van der Waals surface area contributed by atoms with Crippen LogP contribution in [0.15, 0.2) is 0 Å². The molecule has 0 bridgehead atoms. The molecule has 6 fully saturated rings. The summed E-state index contributed by atoms with van der Waals surface area (Å²) >= 11 is 0. The van der Waals surface area contributed by atoms with Gasteiger partial charge in [-0.1, -0.05) is 13.8 Å². The molecule has 11 atom stereocenters. The Balaban J connectivity index is 1.31. The fourth-order valence-electron chi connectivity index (χ4n) is 10.2. The van der Waals surface area contributed by atoms with Crippen LogP contribution in [0.5, 0.6) is 0 Å². The zero-order valence-electron chi connectivity index (χ0n) is 19.7. The summed E-state index contributed by atoms with van der Waals surface area (Å²) in [6.45, 7) is 9.15. The fourth-order valence-corrected chi connectivity index (χ4v) is 10.2. The molecule has 0 aromatic heterocycles. The summed E-state index contributed by atoms with van der Waals surface area (Å²) in [4.78, 5) is 28.0. The van der Waals surface area contributed by atoms with Crippen LogP contribution in [0.1, 0.15) is 78.6 Å². The topological polar surface area (TPSA) is 57.6 Å². The van der Waals surface area contributed by atoms with Crippen LogP contribution in [-0.2, 0) is 9.59 Å². The van der Waals surface area contributed by atoms with Crippen LogP contribution < -0.4 is 0 Å². The Labute approximate surface area is 187 Å². The van der Waals surface area contributed by atoms with Gasteiger partial charge in [-0.25, -0.2) is 0 Å². The van der Waals surface area contributed by atoms with Crippen molar-refractivity contribution in [2.45, 2.75) is 90.2 Å². The molecule has 2 saturated heterocycles. The summed E-state index contributed by atoms with van der Waals surface area (Å²) in [6, 6.07) is 0.331. The number of hydrogen-bond donors (Lipinski definition) is 1. The summed E-state index contributed by atoms with van der Waals surface area (Å²) < 4.78 is 0. The molecular weight excluding hydrogens is 386 g/mol. The molecule has 172 valence electrons. The molecule has 0 spiro atoms. The SMILES string of the molecule is C[C@@H]1CC[C@@H]2N(C1)C[C@H]1[C@@H]3C[C@H]4[C@@H](CC(=O)[C@H]5CC(=O)CC[C@]54C)[C@@H]3CC[C@@H]1[C@]2(C)O. The number of piperidine rings is 2. The Bertz CT molecular complexity index is 791. The van der Waals surface area contributed by atoms with E-state index < -0.39 is 5.60 Å². The van der Waals surface area contributed by atoms with Crippen molar-refractivity contribution in [2.75, 3.05) is 13.1 Å². The summed E-state index contributed by atoms with van der Waals surface area (Å²) in [5.41, 5.74) is -0.554. The van der Waals surface area contributed by atoms with E-state index in [2.05, 4.69) is 25.7 Å². The summed E-state index contributed by atoms with van der Waals surface area (Å²) in [7, 11) is 0. The molecule has 2 heterocycles. The van der Waals surface area contributed by atoms with Crippen molar-refractivity contribution >= 4 is 11.6 Å². The summed E-state index contributed by atoms with van der Waals surface area (Å²) in [5, 5.41) is 11.8. The van der Waals surface area contributed by atoms with Gasteiger partial charge in [0.15, 0.2) is 0 Å². The highest BCUT2D eigenvalue weighted by atomic mass is 16.3. The minimum absolute atomic E-state index is 0.0206. The first-order chi connectivity index (χ1) is 14.7. The first-order valence-corrected chi connectivity index (χ1v) is 13.2. The second-order valence-electron chi connectivity index (χ2n) is 13.0. The van der Waals surface area contributed by atoms with Gasteiger partial charge in [0, 0.05) is 44.3 Å². The van der Waals surface area contributed by atoms with Crippen LogP contribution in [0.25, 0.3) is 0 Å². The molecule has 0 unspecified atom stereocenters. The second kappa shape index (κ2) is 6.88. The van der Waals surface area contributed by atoms with Crippen LogP contribution in [-0.4, -0.2) is 46.3 Å². The number of carbonyl (C=O) groups is 2. The van der Waals surface area contributed by atoms with E-state index in [1.165, 1.54) is 19.3 Å². The Morgan fingerprint density at radius 2 is 1.71 bits per heavy atom. The maximum Gasteiger partial charge on any atom is 0.137 e. The van der Waals surface area contributed by atoms with E-state index in [0.29, 0.717) is 66.0 Å². The molecule has 4 nitrogen and oxygen atoms in total. The molecule has 4 saturated carbocycles. The molecule has 4 aliphatic carbocycles. The molecule has 1 N–H and O–H groups in total. The summed E-state index contributed by atoms with van der Waals surface area (Å²) in [6.07, 6.45) is 8.75. The monoisotopic (exact) mass is 427 g/mol. The van der Waals surface area contributed by atoms with E-state index in [-0.39, 0.29) is 11.3 Å². The highest BCUT2D eigenvalue weighted by Crippen LogP contribution is 2.66. The van der Waals surface area contributed by atoms with Crippen molar-refractivity contribution in [2.24, 2.45) is 52.8 Å². The van der Waals surface area contributed by atoms with Crippen molar-refractivity contribution in [3.05, 3.63) is 0 Å². The van der Waals surface area contributed by atoms with Gasteiger partial charge >= 0.3 is 0 Å². The standard InChI is InChI=1S/C27H41NO3/c1-15-4-7-25-27(3,31)21-6-5-17-18(20(21)14-28(25)13-15)11-22-19(17)12-24(30)23-10-16(29)8-9-26(22,23)2/h15,17-23,25,31H,4-14H2,1-3H3/t15-,17-,18-,19+,20+,21+,22+,23-,25+,26+,27+/m1/s1. The molecule has 31 heavy (non-hydrogen) atoms. The first kappa shape index (κ1) is 20.8. The molecule has 6 aliphatic rings. The number of ketones is 2. The third kappa shape index (κ3) is 2.86. The van der Waals surface area contributed by atoms with Crippen molar-refractivity contribution in [3.8, 4) is 0 Å². The van der Waals surface area contributed by atoms with Gasteiger partial charge in [-0.15, -0.1) is 0 Å². The van der Waals surface area contributed by atoms with Gasteiger partial charge in [-0.05, 0) is 92.3 Å². The van der Waals surface area contributed by atoms with Crippen LogP contribution >= 0.6 is 0 Å². The molecule has 0 amide bonds. The van der Waals surface area contributed by atoms with Gasteiger partial charge in [0.2, 0.25) is 0 Å². The average Bonchev–Trinajstić information content (AvgIpc) is 3.09. The Morgan fingerprint density at radius 1 is 0.903 bits per heavy atom. The van der Waals surface area contributed by atoms with Crippen LogP contribution in [0.4, 0.5) is 0 Å². The van der Waals surface area contributed by atoms with Crippen molar-refractivity contribution in [1.29, 1.82) is 0 Å². The molecule has 2 aliphatic heterocycles. The van der Waals surface area contributed by atoms with Gasteiger partial charge < -0.3 is 5.11 Å². The van der Waals surface area contributed by atoms with Gasteiger partial charge in [0.1, 0.15) is 11.6 Å². The normalized spacial score (nSPS) is 56.8. The van der Waals surface area contributed by atoms with Crippen molar-refractivity contribution < 1.29 is 14.7 Å². The lowest BCUT2D eigenvalue weighted by molar-refractivity contribution is -0.175. The molecular formula is C27H41NO3. The Morgan fingerprint density at radius 3 is 2.52 bits per heavy atom. The maximum atomic E-state index is 13.2. The third-order valence-corrected chi connectivity index (χ3v) is 11.7. The van der Waals surface area contributed by atoms with Gasteiger partial charge in [0.05, 0.1) is 5.60 Å². The predicted molar refractivity (Wildman–Crippen MR) is 119 cm³/mol. The predicted octanol–water partition coefficient (Wildman–Crippen LogP) is 4.09. The van der Waals surface area contributed by atoms with E-state index in [0.717, 1.165) is 44.7 Å². The highest BCUT2D eigenvalue weighted by molar-refractivity contribution is 5.90. The lowest BCUT2D eigenvalue weighted by Gasteiger charge is -2.59. The number of aliphatic hydroxyl groups is 1. The van der Waals surface area contributed by atoms with E-state index in [1.807, 2.05) is 0 Å². The molecule has 6 rings (SSSR count). The van der Waals surface area contributed by atoms with E-state index in [4.69, 9.17) is 0 Å². The number of nitrogens with zero attached hydrogens (tertiary/aromatic N) is 1. The number of Topliss-reactive ketones (excluding diaryl/α,β-unsaturated/α-hetero) is 2. The second-order valence-corrected chi connectivity index (χ2v) is 13.0. The van der Waals surface area contributed by atoms with E-state index in [1.54, 1.807) is 0 Å². The fraction of sp³-hybridized carbons (Fsp3) is 0.926. The molecule has 4 heteroatoms. The van der Waals surface area contributed by atoms with Gasteiger partial charge in [0.25, 0.3) is 0 Å². The van der Waals surface area contributed by atoms with E-state index in [9.17, 15) is 14.7 Å².